The smallest absolute Gasteiger partial charge is 0.420 e. The number of nitrogens with one attached hydrogen (secondary N) is 2. The van der Waals surface area contributed by atoms with E-state index in [0.717, 1.165) is 40.9 Å². The molecule has 4 rings (SSSR count). The first-order valence-electron chi connectivity index (χ1n) is 9.61. The fourth-order valence-electron chi connectivity index (χ4n) is 3.28. The van der Waals surface area contributed by atoms with Crippen molar-refractivity contribution in [1.29, 1.82) is 0 Å². The van der Waals surface area contributed by atoms with Crippen LogP contribution in [0.2, 0.25) is 0 Å². The number of benzene rings is 2. The molecule has 2 aromatic heterocycles. The number of halogens is 3. The van der Waals surface area contributed by atoms with Crippen LogP contribution in [0.1, 0.15) is 11.1 Å². The number of aromatic nitrogens is 2. The monoisotopic (exact) mass is 437 g/mol. The highest BCUT2D eigenvalue weighted by Crippen LogP contribution is 2.37. The van der Waals surface area contributed by atoms with Gasteiger partial charge < -0.3 is 15.0 Å². The second-order valence-corrected chi connectivity index (χ2v) is 7.00. The minimum Gasteiger partial charge on any atom is -0.496 e. The summed E-state index contributed by atoms with van der Waals surface area (Å²) >= 11 is 0. The van der Waals surface area contributed by atoms with Crippen molar-refractivity contribution in [3.05, 3.63) is 84.2 Å². The Morgan fingerprint density at radius 1 is 1.09 bits per heavy atom. The van der Waals surface area contributed by atoms with Gasteiger partial charge in [-0.05, 0) is 53.6 Å². The third kappa shape index (κ3) is 4.64. The Morgan fingerprint density at radius 3 is 2.72 bits per heavy atom. The number of methoxy groups -OCH3 is 1. The van der Waals surface area contributed by atoms with Gasteiger partial charge in [0.15, 0.2) is 0 Å². The van der Waals surface area contributed by atoms with Gasteiger partial charge in [-0.2, -0.15) is 13.2 Å². The van der Waals surface area contributed by atoms with E-state index in [9.17, 15) is 18.0 Å². The molecule has 0 unspecified atom stereocenters. The number of hydrogen-bond donors (Lipinski definition) is 2. The molecule has 2 heterocycles. The molecule has 4 aromatic rings. The number of ether oxygens (including phenoxy) is 1. The first-order chi connectivity index (χ1) is 15.3. The Kier molecular flexibility index (Phi) is 5.68. The maximum Gasteiger partial charge on any atom is 0.420 e. The number of nitrogens with zero attached hydrogens (tertiary/aromatic N) is 1. The predicted octanol–water partition coefficient (Wildman–Crippen LogP) is 5.91. The molecule has 2 N–H and O–H groups in total. The third-order valence-corrected chi connectivity index (χ3v) is 4.82. The van der Waals surface area contributed by atoms with Gasteiger partial charge in [-0.15, -0.1) is 0 Å². The van der Waals surface area contributed by atoms with Crippen LogP contribution in [0.25, 0.3) is 28.2 Å². The van der Waals surface area contributed by atoms with Crippen LogP contribution >= 0.6 is 0 Å². The molecule has 0 bridgehead atoms. The first-order valence-corrected chi connectivity index (χ1v) is 9.61. The van der Waals surface area contributed by atoms with Crippen molar-refractivity contribution in [3.8, 4) is 16.9 Å². The number of aromatic amines is 1. The van der Waals surface area contributed by atoms with Crippen LogP contribution in [0.4, 0.5) is 18.9 Å². The summed E-state index contributed by atoms with van der Waals surface area (Å²) in [4.78, 5) is 19.7. The lowest BCUT2D eigenvalue weighted by Gasteiger charge is -2.13. The van der Waals surface area contributed by atoms with Gasteiger partial charge in [-0.3, -0.25) is 4.79 Å². The van der Waals surface area contributed by atoms with Crippen LogP contribution in [-0.4, -0.2) is 23.0 Å². The Balaban J connectivity index is 1.50. The first kappa shape index (κ1) is 21.2. The average Bonchev–Trinajstić information content (AvgIpc) is 3.25. The highest BCUT2D eigenvalue weighted by Gasteiger charge is 2.34. The fraction of sp³-hybridized carbons (Fsp3) is 0.0833. The number of carbonyl (C=O) groups is 1. The zero-order valence-corrected chi connectivity index (χ0v) is 16.9. The third-order valence-electron chi connectivity index (χ3n) is 4.82. The lowest BCUT2D eigenvalue weighted by Crippen LogP contribution is -2.11. The molecule has 5 nitrogen and oxygen atoms in total. The molecule has 0 aliphatic carbocycles. The van der Waals surface area contributed by atoms with E-state index in [2.05, 4.69) is 15.3 Å². The highest BCUT2D eigenvalue weighted by atomic mass is 19.4. The molecule has 0 atom stereocenters. The van der Waals surface area contributed by atoms with Crippen LogP contribution < -0.4 is 10.1 Å². The molecular weight excluding hydrogens is 419 g/mol. The van der Waals surface area contributed by atoms with Crippen LogP contribution in [0.3, 0.4) is 0 Å². The zero-order valence-electron chi connectivity index (χ0n) is 16.9. The molecule has 1 amide bonds. The quantitative estimate of drug-likeness (QED) is 0.382. The fourth-order valence-corrected chi connectivity index (χ4v) is 3.28. The minimum absolute atomic E-state index is 0.0207. The normalized spacial score (nSPS) is 11.8. The van der Waals surface area contributed by atoms with Gasteiger partial charge in [0.2, 0.25) is 5.91 Å². The Bertz CT molecular complexity index is 1310. The van der Waals surface area contributed by atoms with E-state index in [4.69, 9.17) is 4.74 Å². The van der Waals surface area contributed by atoms with E-state index < -0.39 is 17.6 Å². The van der Waals surface area contributed by atoms with Gasteiger partial charge in [0.25, 0.3) is 0 Å². The summed E-state index contributed by atoms with van der Waals surface area (Å²) in [6.45, 7) is 0. The number of H-pyrrole nitrogens is 1. The second kappa shape index (κ2) is 8.58. The molecule has 0 saturated heterocycles. The van der Waals surface area contributed by atoms with E-state index in [1.54, 1.807) is 12.3 Å². The molecule has 0 radical (unpaired) electrons. The molecule has 0 saturated carbocycles. The Labute approximate surface area is 181 Å². The van der Waals surface area contributed by atoms with Gasteiger partial charge in [0.05, 0.1) is 12.7 Å². The van der Waals surface area contributed by atoms with Gasteiger partial charge in [-0.1, -0.05) is 18.2 Å². The maximum atomic E-state index is 13.2. The zero-order chi connectivity index (χ0) is 22.7. The SMILES string of the molecule is COc1ccc(NC(=O)C=Cc2cccc(-c3cnc4[nH]ccc4c3)c2)cc1C(F)(F)F. The number of fused-ring (bicyclic) bond motifs is 1. The van der Waals surface area contributed by atoms with Crippen LogP contribution in [0.15, 0.2) is 73.1 Å². The summed E-state index contributed by atoms with van der Waals surface area (Å²) in [7, 11) is 1.16. The number of alkyl halides is 3. The molecule has 0 aliphatic rings. The average molecular weight is 437 g/mol. The minimum atomic E-state index is -4.60. The number of anilines is 1. The van der Waals surface area contributed by atoms with E-state index in [1.807, 2.05) is 42.6 Å². The lowest BCUT2D eigenvalue weighted by atomic mass is 10.0. The molecule has 0 aliphatic heterocycles. The van der Waals surface area contributed by atoms with Crippen molar-refractivity contribution in [2.45, 2.75) is 6.18 Å². The number of pyridine rings is 1. The van der Waals surface area contributed by atoms with E-state index >= 15 is 0 Å². The van der Waals surface area contributed by atoms with Gasteiger partial charge in [-0.25, -0.2) is 4.98 Å². The van der Waals surface area contributed by atoms with E-state index in [0.29, 0.717) is 0 Å². The molecule has 2 aromatic carbocycles. The molecular formula is C24H18F3N3O2. The van der Waals surface area contributed by atoms with Gasteiger partial charge >= 0.3 is 6.18 Å². The van der Waals surface area contributed by atoms with Crippen molar-refractivity contribution >= 4 is 28.7 Å². The molecule has 0 fully saturated rings. The molecule has 32 heavy (non-hydrogen) atoms. The van der Waals surface area contributed by atoms with Gasteiger partial charge in [0, 0.05) is 35.1 Å². The van der Waals surface area contributed by atoms with Crippen LogP contribution in [0.5, 0.6) is 5.75 Å². The molecule has 162 valence electrons. The summed E-state index contributed by atoms with van der Waals surface area (Å²) in [5, 5.41) is 3.43. The van der Waals surface area contributed by atoms with E-state index in [-0.39, 0.29) is 11.4 Å². The van der Waals surface area contributed by atoms with Crippen LogP contribution in [0, 0.1) is 0 Å². The van der Waals surface area contributed by atoms with Crippen molar-refractivity contribution in [2.75, 3.05) is 12.4 Å². The van der Waals surface area contributed by atoms with Crippen molar-refractivity contribution in [2.24, 2.45) is 0 Å². The molecule has 0 spiro atoms. The summed E-state index contributed by atoms with van der Waals surface area (Å²) in [5.41, 5.74) is 2.48. The van der Waals surface area contributed by atoms with Crippen LogP contribution in [-0.2, 0) is 11.0 Å². The van der Waals surface area contributed by atoms with Crippen molar-refractivity contribution in [1.82, 2.24) is 9.97 Å². The lowest BCUT2D eigenvalue weighted by molar-refractivity contribution is -0.138. The molecule has 8 heteroatoms. The number of amides is 1. The summed E-state index contributed by atoms with van der Waals surface area (Å²) < 4.78 is 44.2. The number of carbonyl (C=O) groups excluding carboxylic acids is 1. The topological polar surface area (TPSA) is 67.0 Å². The standard InChI is InChI=1S/C24H18F3N3O2/c1-32-21-7-6-19(13-20(21)24(25,26)27)30-22(31)8-5-15-3-2-4-16(11-15)18-12-17-9-10-28-23(17)29-14-18/h2-14H,1H3,(H,28,29)(H,30,31). The predicted molar refractivity (Wildman–Crippen MR) is 117 cm³/mol. The van der Waals surface area contributed by atoms with Gasteiger partial charge in [0.1, 0.15) is 11.4 Å². The maximum absolute atomic E-state index is 13.2. The Hall–Kier alpha value is -4.07. The van der Waals surface area contributed by atoms with Crippen molar-refractivity contribution in [3.63, 3.8) is 0 Å². The largest absolute Gasteiger partial charge is 0.496 e. The Morgan fingerprint density at radius 2 is 1.94 bits per heavy atom. The van der Waals surface area contributed by atoms with Crippen molar-refractivity contribution < 1.29 is 22.7 Å². The second-order valence-electron chi connectivity index (χ2n) is 7.00. The number of hydrogen-bond acceptors (Lipinski definition) is 3. The summed E-state index contributed by atoms with van der Waals surface area (Å²) in [5.74, 6) is -0.862. The van der Waals surface area contributed by atoms with E-state index in [1.165, 1.54) is 18.2 Å². The summed E-state index contributed by atoms with van der Waals surface area (Å²) in [6.07, 6.45) is 1.84. The number of rotatable bonds is 5. The summed E-state index contributed by atoms with van der Waals surface area (Å²) in [6, 6.07) is 14.8. The highest BCUT2D eigenvalue weighted by molar-refractivity contribution is 6.02.